The average molecular weight is 482 g/mol. The number of aryl methyl sites for hydroxylation is 1. The van der Waals surface area contributed by atoms with Crippen LogP contribution in [-0.2, 0) is 6.61 Å². The first-order valence-electron chi connectivity index (χ1n) is 9.40. The Hall–Kier alpha value is -3.45. The third-order valence-corrected chi connectivity index (χ3v) is 5.08. The molecule has 0 aliphatic rings. The lowest BCUT2D eigenvalue weighted by Crippen LogP contribution is -2.02. The lowest BCUT2D eigenvalue weighted by atomic mass is 10.1. The smallest absolute Gasteiger partial charge is 0.311 e. The van der Waals surface area contributed by atoms with Crippen molar-refractivity contribution in [3.05, 3.63) is 104 Å². The molecule has 0 bridgehead atoms. The molecule has 7 heteroatoms. The van der Waals surface area contributed by atoms with Gasteiger partial charge in [-0.05, 0) is 66.6 Å². The number of hydrogen-bond donors (Lipinski definition) is 0. The molecular formula is C24H20BrNO5. The highest BCUT2D eigenvalue weighted by atomic mass is 79.9. The zero-order valence-corrected chi connectivity index (χ0v) is 18.6. The molecule has 0 heterocycles. The number of halogens is 1. The highest BCUT2D eigenvalue weighted by molar-refractivity contribution is 9.10. The van der Waals surface area contributed by atoms with E-state index in [0.717, 1.165) is 15.6 Å². The molecule has 0 unspecified atom stereocenters. The summed E-state index contributed by atoms with van der Waals surface area (Å²) < 4.78 is 12.0. The molecule has 3 aromatic carbocycles. The van der Waals surface area contributed by atoms with Crippen molar-refractivity contribution in [3.8, 4) is 11.5 Å². The van der Waals surface area contributed by atoms with Crippen molar-refractivity contribution in [2.75, 3.05) is 7.11 Å². The third kappa shape index (κ3) is 5.79. The van der Waals surface area contributed by atoms with Gasteiger partial charge in [0.1, 0.15) is 12.4 Å². The average Bonchev–Trinajstić information content (AvgIpc) is 2.77. The number of ether oxygens (including phenoxy) is 2. The van der Waals surface area contributed by atoms with Gasteiger partial charge in [-0.25, -0.2) is 0 Å². The molecule has 158 valence electrons. The fourth-order valence-corrected chi connectivity index (χ4v) is 3.21. The number of nitro benzene ring substituents is 1. The number of benzene rings is 3. The summed E-state index contributed by atoms with van der Waals surface area (Å²) in [5.41, 5.74) is 2.76. The maximum Gasteiger partial charge on any atom is 0.311 e. The fourth-order valence-electron chi connectivity index (χ4n) is 2.94. The van der Waals surface area contributed by atoms with Gasteiger partial charge in [-0.15, -0.1) is 0 Å². The minimum absolute atomic E-state index is 0.0788. The lowest BCUT2D eigenvalue weighted by molar-refractivity contribution is -0.386. The monoisotopic (exact) mass is 481 g/mol. The zero-order chi connectivity index (χ0) is 22.4. The highest BCUT2D eigenvalue weighted by Gasteiger charge is 2.16. The number of carbonyl (C=O) groups excluding carboxylic acids is 1. The van der Waals surface area contributed by atoms with Crippen LogP contribution in [0.3, 0.4) is 0 Å². The summed E-state index contributed by atoms with van der Waals surface area (Å²) in [6, 6.07) is 17.4. The molecule has 0 spiro atoms. The minimum Gasteiger partial charge on any atom is -0.496 e. The maximum atomic E-state index is 12.4. The van der Waals surface area contributed by atoms with Gasteiger partial charge in [-0.1, -0.05) is 34.1 Å². The van der Waals surface area contributed by atoms with Crippen molar-refractivity contribution in [2.24, 2.45) is 0 Å². The van der Waals surface area contributed by atoms with Crippen LogP contribution in [0, 0.1) is 17.0 Å². The summed E-state index contributed by atoms with van der Waals surface area (Å²) >= 11 is 3.35. The van der Waals surface area contributed by atoms with Crippen LogP contribution in [0.25, 0.3) is 6.08 Å². The number of hydrogen-bond acceptors (Lipinski definition) is 5. The van der Waals surface area contributed by atoms with Gasteiger partial charge in [-0.3, -0.25) is 14.9 Å². The van der Waals surface area contributed by atoms with Gasteiger partial charge in [0.15, 0.2) is 11.5 Å². The van der Waals surface area contributed by atoms with E-state index in [1.807, 2.05) is 24.3 Å². The number of carbonyl (C=O) groups is 1. The summed E-state index contributed by atoms with van der Waals surface area (Å²) in [4.78, 5) is 23.2. The topological polar surface area (TPSA) is 78.7 Å². The molecule has 3 aromatic rings. The van der Waals surface area contributed by atoms with Crippen molar-refractivity contribution in [3.63, 3.8) is 0 Å². The minimum atomic E-state index is -0.466. The first kappa shape index (κ1) is 22.2. The van der Waals surface area contributed by atoms with Crippen LogP contribution in [0.4, 0.5) is 5.69 Å². The summed E-state index contributed by atoms with van der Waals surface area (Å²) in [5, 5.41) is 11.3. The molecule has 0 atom stereocenters. The summed E-state index contributed by atoms with van der Waals surface area (Å²) in [6.45, 7) is 1.86. The van der Waals surface area contributed by atoms with Crippen LogP contribution in [0.2, 0.25) is 0 Å². The van der Waals surface area contributed by atoms with E-state index in [4.69, 9.17) is 9.47 Å². The third-order valence-electron chi connectivity index (χ3n) is 4.55. The van der Waals surface area contributed by atoms with E-state index in [-0.39, 0.29) is 23.8 Å². The predicted octanol–water partition coefficient (Wildman–Crippen LogP) is 6.15. The van der Waals surface area contributed by atoms with E-state index in [0.29, 0.717) is 16.9 Å². The number of ketones is 1. The maximum absolute atomic E-state index is 12.4. The van der Waals surface area contributed by atoms with E-state index in [1.165, 1.54) is 12.1 Å². The van der Waals surface area contributed by atoms with Crippen molar-refractivity contribution in [1.29, 1.82) is 0 Å². The number of rotatable bonds is 8. The van der Waals surface area contributed by atoms with Crippen LogP contribution in [0.1, 0.15) is 27.0 Å². The highest BCUT2D eigenvalue weighted by Crippen LogP contribution is 2.30. The molecule has 0 saturated carbocycles. The van der Waals surface area contributed by atoms with Gasteiger partial charge in [0.2, 0.25) is 0 Å². The molecular weight excluding hydrogens is 462 g/mol. The Kier molecular flexibility index (Phi) is 7.20. The van der Waals surface area contributed by atoms with Gasteiger partial charge in [0.05, 0.1) is 12.0 Å². The second-order valence-corrected chi connectivity index (χ2v) is 7.71. The summed E-state index contributed by atoms with van der Waals surface area (Å²) in [7, 11) is 1.54. The van der Waals surface area contributed by atoms with Crippen molar-refractivity contribution < 1.29 is 19.2 Å². The second-order valence-electron chi connectivity index (χ2n) is 6.79. The quantitative estimate of drug-likeness (QED) is 0.167. The van der Waals surface area contributed by atoms with Crippen LogP contribution in [-0.4, -0.2) is 17.8 Å². The zero-order valence-electron chi connectivity index (χ0n) is 17.0. The van der Waals surface area contributed by atoms with E-state index >= 15 is 0 Å². The predicted molar refractivity (Wildman–Crippen MR) is 123 cm³/mol. The SMILES string of the molecule is COc1ccc(/C=C/C(=O)c2ccc(Br)cc2)cc1COc1ccc(C)cc1[N+](=O)[O-]. The van der Waals surface area contributed by atoms with E-state index in [2.05, 4.69) is 15.9 Å². The summed E-state index contributed by atoms with van der Waals surface area (Å²) in [6.07, 6.45) is 3.21. The molecule has 0 aromatic heterocycles. The molecule has 0 saturated heterocycles. The van der Waals surface area contributed by atoms with Gasteiger partial charge in [0, 0.05) is 21.7 Å². The molecule has 0 amide bonds. The summed E-state index contributed by atoms with van der Waals surface area (Å²) in [5.74, 6) is 0.659. The number of allylic oxidation sites excluding steroid dienone is 1. The molecule has 0 N–H and O–H groups in total. The van der Waals surface area contributed by atoms with Gasteiger partial charge < -0.3 is 9.47 Å². The molecule has 0 aliphatic carbocycles. The molecule has 0 fully saturated rings. The van der Waals surface area contributed by atoms with Gasteiger partial charge >= 0.3 is 5.69 Å². The van der Waals surface area contributed by atoms with Crippen LogP contribution in [0.15, 0.2) is 71.2 Å². The van der Waals surface area contributed by atoms with E-state index in [1.54, 1.807) is 50.4 Å². The van der Waals surface area contributed by atoms with Gasteiger partial charge in [-0.2, -0.15) is 0 Å². The normalized spacial score (nSPS) is 10.8. The van der Waals surface area contributed by atoms with Gasteiger partial charge in [0.25, 0.3) is 0 Å². The van der Waals surface area contributed by atoms with E-state index < -0.39 is 4.92 Å². The first-order chi connectivity index (χ1) is 14.9. The Labute approximate surface area is 188 Å². The fraction of sp³-hybridized carbons (Fsp3) is 0.125. The Balaban J connectivity index is 1.79. The Morgan fingerprint density at radius 2 is 1.77 bits per heavy atom. The Bertz CT molecular complexity index is 1140. The standard InChI is InChI=1S/C24H20BrNO5/c1-16-3-11-24(21(13-16)26(28)29)31-15-19-14-17(5-12-23(19)30-2)4-10-22(27)18-6-8-20(25)9-7-18/h3-14H,15H2,1-2H3/b10-4+. The van der Waals surface area contributed by atoms with E-state index in [9.17, 15) is 14.9 Å². The number of methoxy groups -OCH3 is 1. The van der Waals surface area contributed by atoms with Crippen LogP contribution >= 0.6 is 15.9 Å². The number of nitro groups is 1. The van der Waals surface area contributed by atoms with Crippen molar-refractivity contribution in [2.45, 2.75) is 13.5 Å². The molecule has 0 radical (unpaired) electrons. The molecule has 31 heavy (non-hydrogen) atoms. The first-order valence-corrected chi connectivity index (χ1v) is 10.2. The second kappa shape index (κ2) is 10.0. The van der Waals surface area contributed by atoms with Crippen molar-refractivity contribution in [1.82, 2.24) is 0 Å². The Morgan fingerprint density at radius 3 is 2.45 bits per heavy atom. The van der Waals surface area contributed by atoms with Crippen LogP contribution < -0.4 is 9.47 Å². The molecule has 6 nitrogen and oxygen atoms in total. The molecule has 0 aliphatic heterocycles. The largest absolute Gasteiger partial charge is 0.496 e. The molecule has 3 rings (SSSR count). The lowest BCUT2D eigenvalue weighted by Gasteiger charge is -2.12. The number of nitrogens with zero attached hydrogens (tertiary/aromatic N) is 1. The Morgan fingerprint density at radius 1 is 1.06 bits per heavy atom. The van der Waals surface area contributed by atoms with Crippen LogP contribution in [0.5, 0.6) is 11.5 Å². The van der Waals surface area contributed by atoms with Crippen molar-refractivity contribution >= 4 is 33.5 Å².